The lowest BCUT2D eigenvalue weighted by Gasteiger charge is -1.96. The van der Waals surface area contributed by atoms with Gasteiger partial charge in [0, 0.05) is 12.4 Å². The van der Waals surface area contributed by atoms with E-state index in [1.54, 1.807) is 11.7 Å². The van der Waals surface area contributed by atoms with E-state index in [0.717, 1.165) is 16.5 Å². The maximum Gasteiger partial charge on any atom is 0.212 e. The number of furan rings is 1. The van der Waals surface area contributed by atoms with Crippen molar-refractivity contribution in [2.24, 2.45) is 7.05 Å². The zero-order chi connectivity index (χ0) is 11.1. The van der Waals surface area contributed by atoms with Gasteiger partial charge in [-0.1, -0.05) is 12.1 Å². The highest BCUT2D eigenvalue weighted by atomic mass is 16.3. The third-order valence-electron chi connectivity index (χ3n) is 2.55. The van der Waals surface area contributed by atoms with Crippen molar-refractivity contribution in [3.8, 4) is 0 Å². The SMILES string of the molecule is Cn1nc2c(oc3ccccc32)c1NC=O. The number of aromatic nitrogens is 2. The van der Waals surface area contributed by atoms with Crippen molar-refractivity contribution in [3.05, 3.63) is 24.3 Å². The molecule has 16 heavy (non-hydrogen) atoms. The molecule has 0 saturated carbocycles. The van der Waals surface area contributed by atoms with Crippen LogP contribution in [0.3, 0.4) is 0 Å². The Labute approximate surface area is 90.6 Å². The monoisotopic (exact) mass is 215 g/mol. The lowest BCUT2D eigenvalue weighted by atomic mass is 10.2. The Morgan fingerprint density at radius 1 is 1.44 bits per heavy atom. The highest BCUT2D eigenvalue weighted by Crippen LogP contribution is 2.32. The minimum absolute atomic E-state index is 0.571. The quantitative estimate of drug-likeness (QED) is 0.664. The summed E-state index contributed by atoms with van der Waals surface area (Å²) in [5.41, 5.74) is 2.15. The predicted octanol–water partition coefficient (Wildman–Crippen LogP) is 1.89. The Hall–Kier alpha value is -2.30. The van der Waals surface area contributed by atoms with E-state index < -0.39 is 0 Å². The van der Waals surface area contributed by atoms with Gasteiger partial charge >= 0.3 is 0 Å². The number of hydrogen-bond donors (Lipinski definition) is 1. The molecule has 0 spiro atoms. The van der Waals surface area contributed by atoms with Crippen LogP contribution < -0.4 is 5.32 Å². The number of hydrogen-bond acceptors (Lipinski definition) is 3. The Morgan fingerprint density at radius 2 is 2.25 bits per heavy atom. The van der Waals surface area contributed by atoms with Crippen LogP contribution in [0.1, 0.15) is 0 Å². The van der Waals surface area contributed by atoms with Crippen LogP contribution in [0.25, 0.3) is 22.1 Å². The number of aryl methyl sites for hydroxylation is 1. The molecule has 0 saturated heterocycles. The number of benzene rings is 1. The molecule has 5 nitrogen and oxygen atoms in total. The number of anilines is 1. The van der Waals surface area contributed by atoms with Crippen LogP contribution in [0, 0.1) is 0 Å². The van der Waals surface area contributed by atoms with Crippen LogP contribution in [0.5, 0.6) is 0 Å². The fourth-order valence-electron chi connectivity index (χ4n) is 1.85. The number of nitrogens with one attached hydrogen (secondary N) is 1. The number of carbonyl (C=O) groups excluding carboxylic acids is 1. The number of nitrogens with zero attached hydrogens (tertiary/aromatic N) is 2. The van der Waals surface area contributed by atoms with E-state index in [1.807, 2.05) is 24.3 Å². The summed E-state index contributed by atoms with van der Waals surface area (Å²) in [6.07, 6.45) is 0.615. The first-order chi connectivity index (χ1) is 7.81. The standard InChI is InChI=1S/C11H9N3O2/c1-14-11(12-6-15)10-9(13-14)7-4-2-3-5-8(7)16-10/h2-6H,1H3,(H,12,15). The summed E-state index contributed by atoms with van der Waals surface area (Å²) < 4.78 is 7.24. The molecule has 0 radical (unpaired) electrons. The van der Waals surface area contributed by atoms with Crippen LogP contribution in [0.15, 0.2) is 28.7 Å². The first kappa shape index (κ1) is 8.96. The van der Waals surface area contributed by atoms with Crippen LogP contribution in [-0.2, 0) is 11.8 Å². The molecule has 0 aliphatic rings. The summed E-state index contributed by atoms with van der Waals surface area (Å²) in [5, 5.41) is 7.86. The fraction of sp³-hybridized carbons (Fsp3) is 0.0909. The number of rotatable bonds is 2. The highest BCUT2D eigenvalue weighted by Gasteiger charge is 2.15. The topological polar surface area (TPSA) is 60.1 Å². The van der Waals surface area contributed by atoms with Crippen molar-refractivity contribution >= 4 is 34.3 Å². The van der Waals surface area contributed by atoms with E-state index in [1.165, 1.54) is 0 Å². The lowest BCUT2D eigenvalue weighted by Crippen LogP contribution is -2.01. The molecule has 0 aliphatic carbocycles. The molecular weight excluding hydrogens is 206 g/mol. The van der Waals surface area contributed by atoms with Gasteiger partial charge in [0.25, 0.3) is 0 Å². The summed E-state index contributed by atoms with van der Waals surface area (Å²) in [6, 6.07) is 7.65. The van der Waals surface area contributed by atoms with Gasteiger partial charge in [-0.2, -0.15) is 5.10 Å². The van der Waals surface area contributed by atoms with Gasteiger partial charge in [-0.25, -0.2) is 4.68 Å². The van der Waals surface area contributed by atoms with E-state index in [4.69, 9.17) is 4.42 Å². The molecule has 3 aromatic rings. The summed E-state index contributed by atoms with van der Waals surface area (Å²) in [7, 11) is 1.76. The van der Waals surface area contributed by atoms with Gasteiger partial charge in [-0.3, -0.25) is 4.79 Å². The summed E-state index contributed by atoms with van der Waals surface area (Å²) in [4.78, 5) is 10.5. The third kappa shape index (κ3) is 1.05. The molecule has 2 heterocycles. The molecule has 80 valence electrons. The van der Waals surface area contributed by atoms with Crippen molar-refractivity contribution in [1.29, 1.82) is 0 Å². The molecule has 0 fully saturated rings. The Bertz CT molecular complexity index is 681. The zero-order valence-electron chi connectivity index (χ0n) is 8.60. The van der Waals surface area contributed by atoms with Crippen molar-refractivity contribution in [2.75, 3.05) is 5.32 Å². The van der Waals surface area contributed by atoms with Gasteiger partial charge in [0.05, 0.1) is 0 Å². The average molecular weight is 215 g/mol. The molecule has 1 aromatic carbocycles. The molecule has 0 bridgehead atoms. The van der Waals surface area contributed by atoms with Crippen molar-refractivity contribution in [3.63, 3.8) is 0 Å². The Kier molecular flexibility index (Phi) is 1.73. The van der Waals surface area contributed by atoms with Crippen molar-refractivity contribution in [2.45, 2.75) is 0 Å². The minimum atomic E-state index is 0.571. The first-order valence-electron chi connectivity index (χ1n) is 4.85. The van der Waals surface area contributed by atoms with Crippen LogP contribution in [-0.4, -0.2) is 16.2 Å². The molecule has 5 heteroatoms. The Balaban J connectivity index is 2.43. The second-order valence-corrected chi connectivity index (χ2v) is 3.51. The van der Waals surface area contributed by atoms with Gasteiger partial charge in [0.1, 0.15) is 11.1 Å². The molecule has 1 N–H and O–H groups in total. The second kappa shape index (κ2) is 3.10. The first-order valence-corrected chi connectivity index (χ1v) is 4.85. The van der Waals surface area contributed by atoms with Gasteiger partial charge in [0.15, 0.2) is 11.4 Å². The average Bonchev–Trinajstić information content (AvgIpc) is 2.78. The van der Waals surface area contributed by atoms with E-state index in [-0.39, 0.29) is 0 Å². The smallest absolute Gasteiger partial charge is 0.212 e. The molecule has 1 amide bonds. The number of para-hydroxylation sites is 1. The zero-order valence-corrected chi connectivity index (χ0v) is 8.60. The van der Waals surface area contributed by atoms with Crippen LogP contribution in [0.2, 0.25) is 0 Å². The van der Waals surface area contributed by atoms with E-state index in [0.29, 0.717) is 17.8 Å². The number of amides is 1. The second-order valence-electron chi connectivity index (χ2n) is 3.51. The van der Waals surface area contributed by atoms with Gasteiger partial charge in [-0.05, 0) is 12.1 Å². The van der Waals surface area contributed by atoms with Gasteiger partial charge in [0.2, 0.25) is 6.41 Å². The highest BCUT2D eigenvalue weighted by molar-refractivity contribution is 6.07. The molecular formula is C11H9N3O2. The number of carbonyl (C=O) groups is 1. The largest absolute Gasteiger partial charge is 0.450 e. The maximum atomic E-state index is 10.5. The van der Waals surface area contributed by atoms with Gasteiger partial charge in [-0.15, -0.1) is 0 Å². The molecule has 2 aromatic heterocycles. The lowest BCUT2D eigenvalue weighted by molar-refractivity contribution is -0.105. The summed E-state index contributed by atoms with van der Waals surface area (Å²) >= 11 is 0. The van der Waals surface area contributed by atoms with Crippen LogP contribution in [0.4, 0.5) is 5.82 Å². The van der Waals surface area contributed by atoms with Crippen molar-refractivity contribution in [1.82, 2.24) is 9.78 Å². The van der Waals surface area contributed by atoms with Gasteiger partial charge < -0.3 is 9.73 Å². The van der Waals surface area contributed by atoms with E-state index in [2.05, 4.69) is 10.4 Å². The molecule has 0 atom stereocenters. The molecule has 0 aliphatic heterocycles. The Morgan fingerprint density at radius 3 is 3.06 bits per heavy atom. The van der Waals surface area contributed by atoms with E-state index in [9.17, 15) is 4.79 Å². The number of fused-ring (bicyclic) bond motifs is 3. The predicted molar refractivity (Wildman–Crippen MR) is 60.2 cm³/mol. The molecule has 3 rings (SSSR count). The third-order valence-corrected chi connectivity index (χ3v) is 2.55. The van der Waals surface area contributed by atoms with Crippen LogP contribution >= 0.6 is 0 Å². The fourth-order valence-corrected chi connectivity index (χ4v) is 1.85. The minimum Gasteiger partial charge on any atom is -0.450 e. The maximum absolute atomic E-state index is 10.5. The van der Waals surface area contributed by atoms with Crippen molar-refractivity contribution < 1.29 is 9.21 Å². The summed E-state index contributed by atoms with van der Waals surface area (Å²) in [6.45, 7) is 0. The normalized spacial score (nSPS) is 11.1. The summed E-state index contributed by atoms with van der Waals surface area (Å²) in [5.74, 6) is 0.571. The molecule has 0 unspecified atom stereocenters. The van der Waals surface area contributed by atoms with E-state index >= 15 is 0 Å².